The van der Waals surface area contributed by atoms with Crippen molar-refractivity contribution >= 4 is 5.95 Å². The van der Waals surface area contributed by atoms with Crippen LogP contribution in [-0.4, -0.2) is 29.3 Å². The van der Waals surface area contributed by atoms with Crippen LogP contribution in [-0.2, 0) is 11.3 Å². The van der Waals surface area contributed by atoms with Crippen molar-refractivity contribution in [2.45, 2.75) is 39.8 Å². The van der Waals surface area contributed by atoms with Crippen LogP contribution in [0.1, 0.15) is 27.2 Å². The molecule has 1 heterocycles. The number of rotatable bonds is 7. The summed E-state index contributed by atoms with van der Waals surface area (Å²) in [6.07, 6.45) is 4.85. The molecule has 4 heteroatoms. The van der Waals surface area contributed by atoms with E-state index < -0.39 is 0 Å². The molecule has 92 valence electrons. The number of ether oxygens (including phenoxy) is 1. The molecular formula is C12H23N3O. The normalized spacial score (nSPS) is 13.1. The molecular weight excluding hydrogens is 202 g/mol. The summed E-state index contributed by atoms with van der Waals surface area (Å²) in [6, 6.07) is 0.434. The lowest BCUT2D eigenvalue weighted by Gasteiger charge is -2.19. The van der Waals surface area contributed by atoms with Gasteiger partial charge in [-0.3, -0.25) is 0 Å². The van der Waals surface area contributed by atoms with Crippen molar-refractivity contribution in [2.75, 3.05) is 19.0 Å². The van der Waals surface area contributed by atoms with Crippen molar-refractivity contribution in [1.29, 1.82) is 0 Å². The first kappa shape index (κ1) is 13.0. The Bertz CT molecular complexity index is 296. The van der Waals surface area contributed by atoms with Crippen LogP contribution in [0.3, 0.4) is 0 Å². The first-order valence-corrected chi connectivity index (χ1v) is 5.91. The highest BCUT2D eigenvalue weighted by Crippen LogP contribution is 2.11. The molecule has 1 unspecified atom stereocenters. The van der Waals surface area contributed by atoms with Gasteiger partial charge in [-0.2, -0.15) is 0 Å². The number of anilines is 1. The Hall–Kier alpha value is -1.03. The van der Waals surface area contributed by atoms with Gasteiger partial charge in [0.05, 0.1) is 0 Å². The van der Waals surface area contributed by atoms with Gasteiger partial charge in [-0.25, -0.2) is 4.98 Å². The quantitative estimate of drug-likeness (QED) is 0.724. The lowest BCUT2D eigenvalue weighted by Crippen LogP contribution is -2.23. The van der Waals surface area contributed by atoms with Crippen LogP contribution in [0.2, 0.25) is 0 Å². The Morgan fingerprint density at radius 3 is 2.81 bits per heavy atom. The summed E-state index contributed by atoms with van der Waals surface area (Å²) in [6.45, 7) is 8.32. The van der Waals surface area contributed by atoms with E-state index >= 15 is 0 Å². The molecule has 0 amide bonds. The zero-order valence-electron chi connectivity index (χ0n) is 10.7. The summed E-state index contributed by atoms with van der Waals surface area (Å²) in [5.74, 6) is 1.56. The second kappa shape index (κ2) is 6.53. The average Bonchev–Trinajstić information content (AvgIpc) is 2.66. The molecule has 1 aromatic rings. The van der Waals surface area contributed by atoms with E-state index in [2.05, 4.69) is 35.6 Å². The van der Waals surface area contributed by atoms with Crippen molar-refractivity contribution in [3.63, 3.8) is 0 Å². The van der Waals surface area contributed by atoms with E-state index in [9.17, 15) is 0 Å². The number of hydrogen-bond acceptors (Lipinski definition) is 3. The lowest BCUT2D eigenvalue weighted by molar-refractivity contribution is 0.190. The van der Waals surface area contributed by atoms with E-state index in [0.29, 0.717) is 12.0 Å². The van der Waals surface area contributed by atoms with Gasteiger partial charge in [0.1, 0.15) is 0 Å². The van der Waals surface area contributed by atoms with Crippen molar-refractivity contribution in [3.8, 4) is 0 Å². The van der Waals surface area contributed by atoms with Crippen LogP contribution in [0.5, 0.6) is 0 Å². The monoisotopic (exact) mass is 225 g/mol. The summed E-state index contributed by atoms with van der Waals surface area (Å²) in [5, 5.41) is 3.43. The smallest absolute Gasteiger partial charge is 0.202 e. The van der Waals surface area contributed by atoms with E-state index in [0.717, 1.165) is 25.5 Å². The van der Waals surface area contributed by atoms with Crippen LogP contribution in [0.15, 0.2) is 12.4 Å². The largest absolute Gasteiger partial charge is 0.385 e. The van der Waals surface area contributed by atoms with Gasteiger partial charge in [-0.1, -0.05) is 13.8 Å². The van der Waals surface area contributed by atoms with E-state index in [-0.39, 0.29) is 0 Å². The number of aromatic nitrogens is 2. The molecule has 0 aliphatic carbocycles. The van der Waals surface area contributed by atoms with Crippen LogP contribution < -0.4 is 5.32 Å². The Balaban J connectivity index is 2.50. The Morgan fingerprint density at radius 1 is 1.44 bits per heavy atom. The van der Waals surface area contributed by atoms with E-state index in [1.165, 1.54) is 0 Å². The fourth-order valence-corrected chi connectivity index (χ4v) is 1.38. The molecule has 1 rings (SSSR count). The van der Waals surface area contributed by atoms with Crippen LogP contribution in [0, 0.1) is 5.92 Å². The van der Waals surface area contributed by atoms with Crippen LogP contribution >= 0.6 is 0 Å². The fourth-order valence-electron chi connectivity index (χ4n) is 1.38. The maximum absolute atomic E-state index is 5.05. The van der Waals surface area contributed by atoms with Crippen molar-refractivity contribution < 1.29 is 4.74 Å². The van der Waals surface area contributed by atoms with E-state index in [1.807, 2.05) is 12.4 Å². The first-order valence-electron chi connectivity index (χ1n) is 5.91. The third-order valence-corrected chi connectivity index (χ3v) is 2.82. The summed E-state index contributed by atoms with van der Waals surface area (Å²) in [5.41, 5.74) is 0. The highest BCUT2D eigenvalue weighted by Gasteiger charge is 2.09. The molecule has 1 N–H and O–H groups in total. The Kier molecular flexibility index (Phi) is 5.32. The number of nitrogens with zero attached hydrogens (tertiary/aromatic N) is 2. The fraction of sp³-hybridized carbons (Fsp3) is 0.750. The Morgan fingerprint density at radius 2 is 2.19 bits per heavy atom. The molecule has 0 saturated carbocycles. The third kappa shape index (κ3) is 3.85. The summed E-state index contributed by atoms with van der Waals surface area (Å²) in [7, 11) is 1.73. The van der Waals surface area contributed by atoms with Crippen molar-refractivity contribution in [1.82, 2.24) is 9.55 Å². The predicted molar refractivity (Wildman–Crippen MR) is 66.6 cm³/mol. The standard InChI is InChI=1S/C12H23N3O/c1-10(2)11(3)14-12-13-6-8-15(12)7-5-9-16-4/h6,8,10-11H,5,7,9H2,1-4H3,(H,13,14). The maximum atomic E-state index is 5.05. The van der Waals surface area contributed by atoms with Gasteiger partial charge in [0.2, 0.25) is 5.95 Å². The van der Waals surface area contributed by atoms with Crippen molar-refractivity contribution in [2.24, 2.45) is 5.92 Å². The minimum Gasteiger partial charge on any atom is -0.385 e. The number of hydrogen-bond donors (Lipinski definition) is 1. The van der Waals surface area contributed by atoms with E-state index in [1.54, 1.807) is 7.11 Å². The third-order valence-electron chi connectivity index (χ3n) is 2.82. The second-order valence-electron chi connectivity index (χ2n) is 4.47. The molecule has 0 aliphatic rings. The molecule has 0 spiro atoms. The summed E-state index contributed by atoms with van der Waals surface area (Å²) >= 11 is 0. The van der Waals surface area contributed by atoms with Gasteiger partial charge in [0.15, 0.2) is 0 Å². The van der Waals surface area contributed by atoms with Gasteiger partial charge < -0.3 is 14.6 Å². The molecule has 1 atom stereocenters. The molecule has 4 nitrogen and oxygen atoms in total. The molecule has 0 aromatic carbocycles. The SMILES string of the molecule is COCCCn1ccnc1NC(C)C(C)C. The van der Waals surface area contributed by atoms with Gasteiger partial charge >= 0.3 is 0 Å². The van der Waals surface area contributed by atoms with Crippen LogP contribution in [0.4, 0.5) is 5.95 Å². The highest BCUT2D eigenvalue weighted by atomic mass is 16.5. The molecule has 1 aromatic heterocycles. The molecule has 0 aliphatic heterocycles. The van der Waals surface area contributed by atoms with Gasteiger partial charge in [-0.05, 0) is 19.3 Å². The topological polar surface area (TPSA) is 39.1 Å². The molecule has 0 radical (unpaired) electrons. The minimum atomic E-state index is 0.434. The zero-order valence-corrected chi connectivity index (χ0v) is 10.7. The van der Waals surface area contributed by atoms with Crippen LogP contribution in [0.25, 0.3) is 0 Å². The van der Waals surface area contributed by atoms with E-state index in [4.69, 9.17) is 4.74 Å². The van der Waals surface area contributed by atoms with Gasteiger partial charge in [-0.15, -0.1) is 0 Å². The Labute approximate surface area is 98.0 Å². The second-order valence-corrected chi connectivity index (χ2v) is 4.47. The molecule has 16 heavy (non-hydrogen) atoms. The zero-order chi connectivity index (χ0) is 12.0. The molecule has 0 bridgehead atoms. The minimum absolute atomic E-state index is 0.434. The molecule has 0 saturated heterocycles. The van der Waals surface area contributed by atoms with Gasteiger partial charge in [0.25, 0.3) is 0 Å². The number of nitrogens with one attached hydrogen (secondary N) is 1. The summed E-state index contributed by atoms with van der Waals surface area (Å²) in [4.78, 5) is 4.33. The highest BCUT2D eigenvalue weighted by molar-refractivity contribution is 5.27. The molecule has 0 fully saturated rings. The maximum Gasteiger partial charge on any atom is 0.202 e. The lowest BCUT2D eigenvalue weighted by atomic mass is 10.1. The number of imidazole rings is 1. The summed E-state index contributed by atoms with van der Waals surface area (Å²) < 4.78 is 7.18. The first-order chi connectivity index (χ1) is 7.65. The predicted octanol–water partition coefficient (Wildman–Crippen LogP) is 2.38. The van der Waals surface area contributed by atoms with Crippen molar-refractivity contribution in [3.05, 3.63) is 12.4 Å². The van der Waals surface area contributed by atoms with Gasteiger partial charge in [0, 0.05) is 38.7 Å². The number of aryl methyl sites for hydroxylation is 1. The number of methoxy groups -OCH3 is 1. The average molecular weight is 225 g/mol.